The van der Waals surface area contributed by atoms with Crippen molar-refractivity contribution in [2.24, 2.45) is 0 Å². The minimum Gasteiger partial charge on any atom is -0.325 e. The minimum atomic E-state index is -0.185. The van der Waals surface area contributed by atoms with Crippen molar-refractivity contribution in [3.05, 3.63) is 51.9 Å². The van der Waals surface area contributed by atoms with Crippen LogP contribution in [0, 0.1) is 0 Å². The predicted molar refractivity (Wildman–Crippen MR) is 107 cm³/mol. The zero-order valence-corrected chi connectivity index (χ0v) is 16.3. The van der Waals surface area contributed by atoms with Gasteiger partial charge < -0.3 is 10.3 Å². The Morgan fingerprint density at radius 1 is 1.32 bits per heavy atom. The molecule has 1 amide bonds. The molecule has 2 aromatic rings. The number of para-hydroxylation sites is 1. The lowest BCUT2D eigenvalue weighted by Crippen LogP contribution is -2.17. The third kappa shape index (κ3) is 6.25. The number of carbonyl (C=O) groups is 1. The van der Waals surface area contributed by atoms with Crippen LogP contribution in [0.4, 0.5) is 5.69 Å². The van der Waals surface area contributed by atoms with Crippen molar-refractivity contribution in [2.75, 3.05) is 16.8 Å². The predicted octanol–water partition coefficient (Wildman–Crippen LogP) is 3.88. The standard InChI is InChI=1S/C18H23N3O2S2/c1-4-24-10-13-9-16(22)21-18(19-13)25-11-17(23)20-15-8-6-5-7-14(15)12(2)3/h5-9,12H,4,10-11H2,1-3H3,(H,20,23)(H,19,21,22). The number of nitrogens with one attached hydrogen (secondary N) is 2. The summed E-state index contributed by atoms with van der Waals surface area (Å²) in [4.78, 5) is 31.0. The molecule has 134 valence electrons. The van der Waals surface area contributed by atoms with Gasteiger partial charge in [0.1, 0.15) is 0 Å². The lowest BCUT2D eigenvalue weighted by molar-refractivity contribution is -0.113. The van der Waals surface area contributed by atoms with Gasteiger partial charge in [-0.25, -0.2) is 4.98 Å². The molecule has 0 aliphatic heterocycles. The topological polar surface area (TPSA) is 74.8 Å². The van der Waals surface area contributed by atoms with Gasteiger partial charge in [-0.2, -0.15) is 11.8 Å². The van der Waals surface area contributed by atoms with Crippen molar-refractivity contribution in [3.8, 4) is 0 Å². The Morgan fingerprint density at radius 2 is 2.08 bits per heavy atom. The lowest BCUT2D eigenvalue weighted by atomic mass is 10.0. The van der Waals surface area contributed by atoms with Crippen LogP contribution >= 0.6 is 23.5 Å². The summed E-state index contributed by atoms with van der Waals surface area (Å²) in [5.74, 6) is 2.07. The fourth-order valence-electron chi connectivity index (χ4n) is 2.27. The van der Waals surface area contributed by atoms with E-state index in [9.17, 15) is 9.59 Å². The number of carbonyl (C=O) groups excluding carboxylic acids is 1. The first kappa shape index (κ1) is 19.6. The maximum Gasteiger partial charge on any atom is 0.251 e. The summed E-state index contributed by atoms with van der Waals surface area (Å²) >= 11 is 2.94. The van der Waals surface area contributed by atoms with E-state index in [0.717, 1.165) is 22.7 Å². The highest BCUT2D eigenvalue weighted by Gasteiger charge is 2.10. The van der Waals surface area contributed by atoms with Crippen LogP contribution < -0.4 is 10.9 Å². The number of rotatable bonds is 8. The van der Waals surface area contributed by atoms with E-state index in [-0.39, 0.29) is 17.2 Å². The Bertz CT molecular complexity index is 775. The molecule has 0 fully saturated rings. The molecule has 25 heavy (non-hydrogen) atoms. The number of benzene rings is 1. The van der Waals surface area contributed by atoms with E-state index in [0.29, 0.717) is 16.8 Å². The Labute approximate surface area is 156 Å². The Kier molecular flexibility index (Phi) is 7.58. The molecule has 0 aliphatic rings. The van der Waals surface area contributed by atoms with Crippen LogP contribution in [-0.4, -0.2) is 27.4 Å². The third-order valence-corrected chi connectivity index (χ3v) is 5.21. The molecule has 2 rings (SSSR count). The number of hydrogen-bond donors (Lipinski definition) is 2. The highest BCUT2D eigenvalue weighted by molar-refractivity contribution is 7.99. The Hall–Kier alpha value is -1.73. The average Bonchev–Trinajstić information content (AvgIpc) is 2.58. The number of aromatic amines is 1. The quantitative estimate of drug-likeness (QED) is 0.539. The second-order valence-electron chi connectivity index (χ2n) is 5.76. The van der Waals surface area contributed by atoms with E-state index in [1.807, 2.05) is 24.3 Å². The molecule has 0 bridgehead atoms. The van der Waals surface area contributed by atoms with Crippen LogP contribution in [0.25, 0.3) is 0 Å². The molecule has 0 saturated heterocycles. The van der Waals surface area contributed by atoms with Gasteiger partial charge in [-0.3, -0.25) is 9.59 Å². The zero-order chi connectivity index (χ0) is 18.2. The highest BCUT2D eigenvalue weighted by atomic mass is 32.2. The van der Waals surface area contributed by atoms with Gasteiger partial charge in [0.25, 0.3) is 5.56 Å². The SMILES string of the molecule is CCSCc1cc(=O)[nH]c(SCC(=O)Nc2ccccc2C(C)C)n1. The normalized spacial score (nSPS) is 10.9. The fourth-order valence-corrected chi connectivity index (χ4v) is 3.52. The van der Waals surface area contributed by atoms with Crippen LogP contribution in [-0.2, 0) is 10.5 Å². The molecule has 7 heteroatoms. The van der Waals surface area contributed by atoms with Crippen molar-refractivity contribution in [1.82, 2.24) is 9.97 Å². The lowest BCUT2D eigenvalue weighted by Gasteiger charge is -2.13. The first-order valence-corrected chi connectivity index (χ1v) is 10.3. The molecule has 2 N–H and O–H groups in total. The number of anilines is 1. The second kappa shape index (κ2) is 9.68. The molecule has 1 aromatic carbocycles. The summed E-state index contributed by atoms with van der Waals surface area (Å²) in [6.45, 7) is 6.25. The van der Waals surface area contributed by atoms with E-state index < -0.39 is 0 Å². The van der Waals surface area contributed by atoms with E-state index in [1.54, 1.807) is 11.8 Å². The summed E-state index contributed by atoms with van der Waals surface area (Å²) < 4.78 is 0. The average molecular weight is 378 g/mol. The van der Waals surface area contributed by atoms with Gasteiger partial charge in [0, 0.05) is 17.5 Å². The van der Waals surface area contributed by atoms with Gasteiger partial charge in [0.2, 0.25) is 5.91 Å². The fraction of sp³-hybridized carbons (Fsp3) is 0.389. The first-order valence-electron chi connectivity index (χ1n) is 8.19. The molecule has 0 radical (unpaired) electrons. The molecule has 0 spiro atoms. The van der Waals surface area contributed by atoms with Gasteiger partial charge in [0.05, 0.1) is 11.4 Å². The van der Waals surface area contributed by atoms with Crippen molar-refractivity contribution < 1.29 is 4.79 Å². The maximum atomic E-state index is 12.2. The van der Waals surface area contributed by atoms with Crippen LogP contribution in [0.15, 0.2) is 40.3 Å². The molecule has 1 heterocycles. The van der Waals surface area contributed by atoms with Crippen LogP contribution in [0.2, 0.25) is 0 Å². The summed E-state index contributed by atoms with van der Waals surface area (Å²) in [7, 11) is 0. The second-order valence-corrected chi connectivity index (χ2v) is 8.00. The van der Waals surface area contributed by atoms with Crippen molar-refractivity contribution in [1.29, 1.82) is 0 Å². The molecular weight excluding hydrogens is 354 g/mol. The van der Waals surface area contributed by atoms with Crippen LogP contribution in [0.1, 0.15) is 37.9 Å². The van der Waals surface area contributed by atoms with Crippen molar-refractivity contribution >= 4 is 35.1 Å². The molecule has 1 aromatic heterocycles. The smallest absolute Gasteiger partial charge is 0.251 e. The summed E-state index contributed by atoms with van der Waals surface area (Å²) in [5.41, 5.74) is 2.49. The molecular formula is C18H23N3O2S2. The highest BCUT2D eigenvalue weighted by Crippen LogP contribution is 2.24. The summed E-state index contributed by atoms with van der Waals surface area (Å²) in [6.07, 6.45) is 0. The van der Waals surface area contributed by atoms with Gasteiger partial charge >= 0.3 is 0 Å². The van der Waals surface area contributed by atoms with Crippen molar-refractivity contribution in [2.45, 2.75) is 37.6 Å². The van der Waals surface area contributed by atoms with Crippen molar-refractivity contribution in [3.63, 3.8) is 0 Å². The third-order valence-electron chi connectivity index (χ3n) is 3.42. The summed E-state index contributed by atoms with van der Waals surface area (Å²) in [6, 6.07) is 9.30. The molecule has 0 aliphatic carbocycles. The van der Waals surface area contributed by atoms with Gasteiger partial charge in [-0.15, -0.1) is 0 Å². The molecule has 5 nitrogen and oxygen atoms in total. The first-order chi connectivity index (χ1) is 12.0. The van der Waals surface area contributed by atoms with Crippen LogP contribution in [0.3, 0.4) is 0 Å². The number of aromatic nitrogens is 2. The van der Waals surface area contributed by atoms with Crippen LogP contribution in [0.5, 0.6) is 0 Å². The van der Waals surface area contributed by atoms with E-state index in [1.165, 1.54) is 17.8 Å². The minimum absolute atomic E-state index is 0.117. The number of nitrogens with zero attached hydrogens (tertiary/aromatic N) is 1. The van der Waals surface area contributed by atoms with Gasteiger partial charge in [-0.05, 0) is 23.3 Å². The number of hydrogen-bond acceptors (Lipinski definition) is 5. The molecule has 0 saturated carbocycles. The Morgan fingerprint density at radius 3 is 2.80 bits per heavy atom. The maximum absolute atomic E-state index is 12.2. The van der Waals surface area contributed by atoms with E-state index in [2.05, 4.69) is 36.1 Å². The largest absolute Gasteiger partial charge is 0.325 e. The Balaban J connectivity index is 1.98. The number of thioether (sulfide) groups is 2. The zero-order valence-electron chi connectivity index (χ0n) is 14.7. The number of amides is 1. The summed E-state index contributed by atoms with van der Waals surface area (Å²) in [5, 5.41) is 3.42. The van der Waals surface area contributed by atoms with E-state index >= 15 is 0 Å². The molecule has 0 unspecified atom stereocenters. The van der Waals surface area contributed by atoms with Gasteiger partial charge in [0.15, 0.2) is 5.16 Å². The van der Waals surface area contributed by atoms with E-state index in [4.69, 9.17) is 0 Å². The monoisotopic (exact) mass is 377 g/mol. The molecule has 0 atom stereocenters. The van der Waals surface area contributed by atoms with Gasteiger partial charge in [-0.1, -0.05) is 50.7 Å². The number of H-pyrrole nitrogens is 1.